The van der Waals surface area contributed by atoms with E-state index < -0.39 is 19.9 Å². The van der Waals surface area contributed by atoms with Crippen LogP contribution in [0.5, 0.6) is 0 Å². The molecule has 1 fully saturated rings. The summed E-state index contributed by atoms with van der Waals surface area (Å²) in [6, 6.07) is 6.73. The highest BCUT2D eigenvalue weighted by Gasteiger charge is 2.33. The second-order valence-electron chi connectivity index (χ2n) is 7.36. The van der Waals surface area contributed by atoms with Crippen LogP contribution in [-0.4, -0.2) is 60.7 Å². The molecule has 0 aromatic carbocycles. The Morgan fingerprint density at radius 2 is 1.86 bits per heavy atom. The molecule has 0 aliphatic carbocycles. The lowest BCUT2D eigenvalue weighted by atomic mass is 10.1. The molecule has 4 rings (SSSR count). The molecule has 10 heteroatoms. The fourth-order valence-corrected chi connectivity index (χ4v) is 6.51. The van der Waals surface area contributed by atoms with Crippen LogP contribution in [0.4, 0.5) is 0 Å². The lowest BCUT2D eigenvalue weighted by Gasteiger charge is -2.30. The van der Waals surface area contributed by atoms with E-state index in [1.54, 1.807) is 18.3 Å². The van der Waals surface area contributed by atoms with Crippen LogP contribution in [0.25, 0.3) is 22.3 Å². The van der Waals surface area contributed by atoms with Crippen LogP contribution < -0.4 is 0 Å². The number of aryl methyl sites for hydroxylation is 1. The van der Waals surface area contributed by atoms with Gasteiger partial charge in [0.25, 0.3) is 0 Å². The largest absolute Gasteiger partial charge is 0.344 e. The number of nitrogens with one attached hydrogen (secondary N) is 1. The number of sulfonamides is 1. The van der Waals surface area contributed by atoms with Crippen LogP contribution in [0.15, 0.2) is 41.6 Å². The second-order valence-corrected chi connectivity index (χ2v) is 11.7. The van der Waals surface area contributed by atoms with E-state index in [1.807, 2.05) is 19.1 Å². The molecule has 3 aromatic rings. The molecule has 0 unspecified atom stereocenters. The Bertz CT molecular complexity index is 1250. The maximum absolute atomic E-state index is 13.0. The van der Waals surface area contributed by atoms with Crippen LogP contribution in [0.3, 0.4) is 0 Å². The number of H-pyrrole nitrogens is 1. The van der Waals surface area contributed by atoms with E-state index in [0.717, 1.165) is 22.3 Å². The number of aromatic nitrogens is 3. The molecule has 0 saturated carbocycles. The van der Waals surface area contributed by atoms with E-state index in [-0.39, 0.29) is 22.4 Å². The first kappa shape index (κ1) is 20.0. The molecule has 0 radical (unpaired) electrons. The van der Waals surface area contributed by atoms with Gasteiger partial charge in [-0.3, -0.25) is 4.98 Å². The molecule has 1 saturated heterocycles. The molecular formula is C19H22N4O4S2. The van der Waals surface area contributed by atoms with Gasteiger partial charge in [-0.1, -0.05) is 0 Å². The van der Waals surface area contributed by atoms with Crippen LogP contribution >= 0.6 is 0 Å². The van der Waals surface area contributed by atoms with E-state index in [1.165, 1.54) is 17.5 Å². The van der Waals surface area contributed by atoms with Gasteiger partial charge in [-0.25, -0.2) is 21.8 Å². The van der Waals surface area contributed by atoms with Crippen molar-refractivity contribution in [2.75, 3.05) is 18.6 Å². The Morgan fingerprint density at radius 1 is 1.14 bits per heavy atom. The number of nitrogens with zero attached hydrogens (tertiary/aromatic N) is 3. The van der Waals surface area contributed by atoms with Gasteiger partial charge in [-0.2, -0.15) is 4.31 Å². The highest BCUT2D eigenvalue weighted by atomic mass is 32.2. The van der Waals surface area contributed by atoms with Crippen molar-refractivity contribution in [3.8, 4) is 11.3 Å². The molecule has 8 nitrogen and oxygen atoms in total. The Kier molecular flexibility index (Phi) is 4.96. The third-order valence-corrected chi connectivity index (χ3v) is 9.00. The molecule has 4 heterocycles. The summed E-state index contributed by atoms with van der Waals surface area (Å²) >= 11 is 0. The minimum absolute atomic E-state index is 0.0167. The summed E-state index contributed by atoms with van der Waals surface area (Å²) in [4.78, 5) is 12.0. The normalized spacial score (nSPS) is 17.8. The van der Waals surface area contributed by atoms with E-state index in [2.05, 4.69) is 15.0 Å². The third kappa shape index (κ3) is 3.79. The Labute approximate surface area is 170 Å². The summed E-state index contributed by atoms with van der Waals surface area (Å²) in [7, 11) is -5.31. The Morgan fingerprint density at radius 3 is 2.52 bits per heavy atom. The van der Waals surface area contributed by atoms with Crippen molar-refractivity contribution < 1.29 is 16.8 Å². The van der Waals surface area contributed by atoms with Gasteiger partial charge in [-0.15, -0.1) is 0 Å². The van der Waals surface area contributed by atoms with Crippen molar-refractivity contribution in [1.29, 1.82) is 0 Å². The lowest BCUT2D eigenvalue weighted by Crippen LogP contribution is -2.42. The molecule has 0 atom stereocenters. The minimum Gasteiger partial charge on any atom is -0.344 e. The first-order valence-corrected chi connectivity index (χ1v) is 12.5. The van der Waals surface area contributed by atoms with Crippen molar-refractivity contribution >= 4 is 30.9 Å². The molecule has 0 bridgehead atoms. The van der Waals surface area contributed by atoms with Gasteiger partial charge in [0.1, 0.15) is 20.4 Å². The minimum atomic E-state index is -3.76. The summed E-state index contributed by atoms with van der Waals surface area (Å²) in [5.41, 5.74) is 3.26. The first-order valence-electron chi connectivity index (χ1n) is 9.26. The van der Waals surface area contributed by atoms with E-state index in [4.69, 9.17) is 0 Å². The fourth-order valence-electron chi connectivity index (χ4n) is 3.68. The molecule has 0 amide bonds. The zero-order chi connectivity index (χ0) is 20.8. The van der Waals surface area contributed by atoms with Gasteiger partial charge >= 0.3 is 0 Å². The Hall–Kier alpha value is -2.30. The Balaban J connectivity index is 1.61. The van der Waals surface area contributed by atoms with Gasteiger partial charge in [0.15, 0.2) is 0 Å². The predicted molar refractivity (Wildman–Crippen MR) is 111 cm³/mol. The van der Waals surface area contributed by atoms with Gasteiger partial charge in [0.2, 0.25) is 10.0 Å². The van der Waals surface area contributed by atoms with E-state index in [0.29, 0.717) is 18.5 Å². The summed E-state index contributed by atoms with van der Waals surface area (Å²) < 4.78 is 50.5. The highest BCUT2D eigenvalue weighted by molar-refractivity contribution is 7.91. The molecule has 3 aromatic heterocycles. The zero-order valence-corrected chi connectivity index (χ0v) is 17.8. The van der Waals surface area contributed by atoms with Gasteiger partial charge in [-0.05, 0) is 44.0 Å². The zero-order valence-electron chi connectivity index (χ0n) is 16.2. The smallest absolute Gasteiger partial charge is 0.244 e. The van der Waals surface area contributed by atoms with Crippen molar-refractivity contribution in [3.05, 3.63) is 42.4 Å². The summed E-state index contributed by atoms with van der Waals surface area (Å²) in [5, 5.41) is 0.925. The lowest BCUT2D eigenvalue weighted by molar-refractivity contribution is 0.342. The topological polar surface area (TPSA) is 113 Å². The maximum atomic E-state index is 13.0. The van der Waals surface area contributed by atoms with Crippen LogP contribution in [0.1, 0.15) is 18.5 Å². The number of pyridine rings is 2. The SMILES string of the molecule is Cc1cc2c(-c3ccc(S(=O)(=O)N(C)C4CCS(=O)(=O)CC4)cn3)ccnc2[nH]1. The molecule has 154 valence electrons. The highest BCUT2D eigenvalue weighted by Crippen LogP contribution is 2.28. The van der Waals surface area contributed by atoms with Gasteiger partial charge in [0.05, 0.1) is 17.2 Å². The van der Waals surface area contributed by atoms with Crippen LogP contribution in [0.2, 0.25) is 0 Å². The van der Waals surface area contributed by atoms with Gasteiger partial charge < -0.3 is 4.98 Å². The van der Waals surface area contributed by atoms with Crippen molar-refractivity contribution in [3.63, 3.8) is 0 Å². The second kappa shape index (κ2) is 7.19. The number of rotatable bonds is 4. The summed E-state index contributed by atoms with van der Waals surface area (Å²) in [5.74, 6) is 0.0334. The molecular weight excluding hydrogens is 412 g/mol. The van der Waals surface area contributed by atoms with Crippen LogP contribution in [-0.2, 0) is 19.9 Å². The average Bonchev–Trinajstić information content (AvgIpc) is 3.07. The van der Waals surface area contributed by atoms with Crippen LogP contribution in [0, 0.1) is 6.92 Å². The average molecular weight is 435 g/mol. The van der Waals surface area contributed by atoms with E-state index in [9.17, 15) is 16.8 Å². The van der Waals surface area contributed by atoms with Crippen molar-refractivity contribution in [2.24, 2.45) is 0 Å². The summed E-state index contributed by atoms with van der Waals surface area (Å²) in [6.45, 7) is 1.95. The summed E-state index contributed by atoms with van der Waals surface area (Å²) in [6.07, 6.45) is 3.66. The molecule has 29 heavy (non-hydrogen) atoms. The molecule has 1 aliphatic heterocycles. The molecule has 1 N–H and O–H groups in total. The number of hydrogen-bond donors (Lipinski definition) is 1. The number of fused-ring (bicyclic) bond motifs is 1. The first-order chi connectivity index (χ1) is 13.7. The number of hydrogen-bond acceptors (Lipinski definition) is 6. The third-order valence-electron chi connectivity index (χ3n) is 5.39. The molecule has 0 spiro atoms. The maximum Gasteiger partial charge on any atom is 0.244 e. The molecule has 1 aliphatic rings. The number of sulfone groups is 1. The standard InChI is InChI=1S/C19H22N4O4S2/c1-13-11-17-16(5-8-20-19(17)22-13)18-4-3-15(12-21-18)29(26,27)23(2)14-6-9-28(24,25)10-7-14/h3-5,8,11-12,14H,6-7,9-10H2,1-2H3,(H,20,22). The fraction of sp³-hybridized carbons (Fsp3) is 0.368. The van der Waals surface area contributed by atoms with Gasteiger partial charge in [0, 0.05) is 42.1 Å². The number of aromatic amines is 1. The quantitative estimate of drug-likeness (QED) is 0.673. The van der Waals surface area contributed by atoms with Crippen molar-refractivity contribution in [2.45, 2.75) is 30.7 Å². The van der Waals surface area contributed by atoms with Crippen molar-refractivity contribution in [1.82, 2.24) is 19.3 Å². The predicted octanol–water partition coefficient (Wildman–Crippen LogP) is 2.13. The monoisotopic (exact) mass is 434 g/mol. The van der Waals surface area contributed by atoms with E-state index >= 15 is 0 Å².